The minimum absolute atomic E-state index is 0.134. The third-order valence-corrected chi connectivity index (χ3v) is 3.79. The SMILES string of the molecule is O=C(NC1CC1)[C@H](Nc1ccc(OC(F)(F)F)cc1)c1ccc(F)cc1. The molecule has 1 atom stereocenters. The van der Waals surface area contributed by atoms with Crippen LogP contribution in [0.5, 0.6) is 5.75 Å². The largest absolute Gasteiger partial charge is 0.573 e. The van der Waals surface area contributed by atoms with Crippen molar-refractivity contribution in [3.05, 3.63) is 59.9 Å². The number of rotatable bonds is 6. The lowest BCUT2D eigenvalue weighted by Gasteiger charge is -2.20. The van der Waals surface area contributed by atoms with Crippen molar-refractivity contribution in [3.8, 4) is 5.75 Å². The summed E-state index contributed by atoms with van der Waals surface area (Å²) < 4.78 is 53.6. The Balaban J connectivity index is 1.76. The van der Waals surface area contributed by atoms with E-state index in [1.807, 2.05) is 0 Å². The molecule has 2 N–H and O–H groups in total. The molecule has 1 aliphatic rings. The highest BCUT2D eigenvalue weighted by atomic mass is 19.4. The summed E-state index contributed by atoms with van der Waals surface area (Å²) in [5, 5.41) is 5.83. The second-order valence-corrected chi connectivity index (χ2v) is 5.98. The number of ether oxygens (including phenoxy) is 1. The van der Waals surface area contributed by atoms with Gasteiger partial charge in [0.1, 0.15) is 17.6 Å². The molecule has 1 fully saturated rings. The molecule has 2 aromatic carbocycles. The maximum absolute atomic E-state index is 13.2. The lowest BCUT2D eigenvalue weighted by atomic mass is 10.1. The Bertz CT molecular complexity index is 756. The minimum atomic E-state index is -4.77. The van der Waals surface area contributed by atoms with E-state index >= 15 is 0 Å². The zero-order valence-electron chi connectivity index (χ0n) is 13.5. The lowest BCUT2D eigenvalue weighted by molar-refractivity contribution is -0.274. The lowest BCUT2D eigenvalue weighted by Crippen LogP contribution is -2.34. The molecule has 1 aliphatic carbocycles. The van der Waals surface area contributed by atoms with E-state index < -0.39 is 18.2 Å². The number of anilines is 1. The number of benzene rings is 2. The third-order valence-electron chi connectivity index (χ3n) is 3.79. The van der Waals surface area contributed by atoms with E-state index in [1.54, 1.807) is 0 Å². The second kappa shape index (κ2) is 7.23. The molecule has 0 heterocycles. The Morgan fingerprint density at radius 1 is 1.04 bits per heavy atom. The van der Waals surface area contributed by atoms with Crippen LogP contribution in [0.25, 0.3) is 0 Å². The predicted molar refractivity (Wildman–Crippen MR) is 87.1 cm³/mol. The van der Waals surface area contributed by atoms with E-state index in [9.17, 15) is 22.4 Å². The van der Waals surface area contributed by atoms with Gasteiger partial charge in [0.05, 0.1) is 0 Å². The molecule has 1 amide bonds. The van der Waals surface area contributed by atoms with Gasteiger partial charge in [-0.15, -0.1) is 13.2 Å². The molecule has 26 heavy (non-hydrogen) atoms. The Morgan fingerprint density at radius 3 is 2.19 bits per heavy atom. The Morgan fingerprint density at radius 2 is 1.65 bits per heavy atom. The molecular weight excluding hydrogens is 352 g/mol. The van der Waals surface area contributed by atoms with Crippen LogP contribution in [0, 0.1) is 5.82 Å². The second-order valence-electron chi connectivity index (χ2n) is 5.98. The molecule has 0 radical (unpaired) electrons. The van der Waals surface area contributed by atoms with E-state index in [2.05, 4.69) is 15.4 Å². The molecule has 0 aromatic heterocycles. The van der Waals surface area contributed by atoms with Crippen LogP contribution in [0.3, 0.4) is 0 Å². The van der Waals surface area contributed by atoms with Gasteiger partial charge in [-0.1, -0.05) is 12.1 Å². The maximum atomic E-state index is 13.2. The molecule has 0 bridgehead atoms. The van der Waals surface area contributed by atoms with Gasteiger partial charge in [-0.05, 0) is 54.8 Å². The van der Waals surface area contributed by atoms with Crippen LogP contribution in [0.2, 0.25) is 0 Å². The van der Waals surface area contributed by atoms with E-state index in [4.69, 9.17) is 0 Å². The number of hydrogen-bond acceptors (Lipinski definition) is 3. The molecule has 0 spiro atoms. The quantitative estimate of drug-likeness (QED) is 0.753. The average Bonchev–Trinajstić information content (AvgIpc) is 3.37. The van der Waals surface area contributed by atoms with Gasteiger partial charge in [-0.25, -0.2) is 4.39 Å². The average molecular weight is 368 g/mol. The highest BCUT2D eigenvalue weighted by Gasteiger charge is 2.31. The first-order valence-corrected chi connectivity index (χ1v) is 7.98. The van der Waals surface area contributed by atoms with E-state index in [-0.39, 0.29) is 17.7 Å². The van der Waals surface area contributed by atoms with Crippen LogP contribution in [-0.2, 0) is 4.79 Å². The monoisotopic (exact) mass is 368 g/mol. The first-order valence-electron chi connectivity index (χ1n) is 7.98. The summed E-state index contributed by atoms with van der Waals surface area (Å²) in [6, 6.07) is 9.85. The number of carbonyl (C=O) groups is 1. The van der Waals surface area contributed by atoms with Crippen molar-refractivity contribution in [2.24, 2.45) is 0 Å². The van der Waals surface area contributed by atoms with E-state index in [0.29, 0.717) is 11.3 Å². The van der Waals surface area contributed by atoms with Gasteiger partial charge in [0, 0.05) is 11.7 Å². The Kier molecular flexibility index (Phi) is 5.01. The summed E-state index contributed by atoms with van der Waals surface area (Å²) >= 11 is 0. The van der Waals surface area contributed by atoms with Gasteiger partial charge in [-0.2, -0.15) is 0 Å². The van der Waals surface area contributed by atoms with Gasteiger partial charge >= 0.3 is 6.36 Å². The van der Waals surface area contributed by atoms with Crippen LogP contribution in [0.4, 0.5) is 23.2 Å². The number of nitrogens with one attached hydrogen (secondary N) is 2. The van der Waals surface area contributed by atoms with Crippen molar-refractivity contribution in [3.63, 3.8) is 0 Å². The normalized spacial score (nSPS) is 15.2. The molecule has 138 valence electrons. The molecular formula is C18H16F4N2O2. The van der Waals surface area contributed by atoms with Crippen molar-refractivity contribution >= 4 is 11.6 Å². The summed E-state index contributed by atoms with van der Waals surface area (Å²) in [7, 11) is 0. The minimum Gasteiger partial charge on any atom is -0.406 e. The molecule has 4 nitrogen and oxygen atoms in total. The molecule has 2 aromatic rings. The summed E-state index contributed by atoms with van der Waals surface area (Å²) in [6.07, 6.45) is -2.95. The van der Waals surface area contributed by atoms with Crippen molar-refractivity contribution < 1.29 is 27.1 Å². The van der Waals surface area contributed by atoms with Crippen LogP contribution in [0.1, 0.15) is 24.4 Å². The number of hydrogen-bond donors (Lipinski definition) is 2. The molecule has 0 aliphatic heterocycles. The van der Waals surface area contributed by atoms with Crippen LogP contribution in [0.15, 0.2) is 48.5 Å². The van der Waals surface area contributed by atoms with Crippen molar-refractivity contribution in [2.45, 2.75) is 31.3 Å². The van der Waals surface area contributed by atoms with Crippen LogP contribution in [-0.4, -0.2) is 18.3 Å². The van der Waals surface area contributed by atoms with E-state index in [1.165, 1.54) is 36.4 Å². The van der Waals surface area contributed by atoms with Crippen LogP contribution < -0.4 is 15.4 Å². The Labute approximate surface area is 147 Å². The van der Waals surface area contributed by atoms with Crippen molar-refractivity contribution in [1.82, 2.24) is 5.32 Å². The third kappa shape index (κ3) is 5.11. The first-order chi connectivity index (χ1) is 12.3. The zero-order chi connectivity index (χ0) is 18.7. The Hall–Kier alpha value is -2.77. The number of carbonyl (C=O) groups excluding carboxylic acids is 1. The maximum Gasteiger partial charge on any atom is 0.573 e. The van der Waals surface area contributed by atoms with Crippen molar-refractivity contribution in [2.75, 3.05) is 5.32 Å². The topological polar surface area (TPSA) is 50.4 Å². The standard InChI is InChI=1S/C18H16F4N2O2/c19-12-3-1-11(2-4-12)16(17(25)24-14-5-6-14)23-13-7-9-15(10-8-13)26-18(20,21)22/h1-4,7-10,14,16,23H,5-6H2,(H,24,25)/t16-/m1/s1. The fourth-order valence-corrected chi connectivity index (χ4v) is 2.39. The number of halogens is 4. The molecule has 1 saturated carbocycles. The van der Waals surface area contributed by atoms with Gasteiger partial charge in [0.15, 0.2) is 0 Å². The molecule has 0 saturated heterocycles. The first kappa shape index (κ1) is 18.0. The summed E-state index contributed by atoms with van der Waals surface area (Å²) in [4.78, 5) is 12.5. The summed E-state index contributed by atoms with van der Waals surface area (Å²) in [6.45, 7) is 0. The highest BCUT2D eigenvalue weighted by Crippen LogP contribution is 2.27. The summed E-state index contributed by atoms with van der Waals surface area (Å²) in [5.41, 5.74) is 0.972. The molecule has 8 heteroatoms. The zero-order valence-corrected chi connectivity index (χ0v) is 13.5. The number of amides is 1. The van der Waals surface area contributed by atoms with E-state index in [0.717, 1.165) is 25.0 Å². The fraction of sp³-hybridized carbons (Fsp3) is 0.278. The highest BCUT2D eigenvalue weighted by molar-refractivity contribution is 5.86. The van der Waals surface area contributed by atoms with Gasteiger partial charge in [0.2, 0.25) is 5.91 Å². The van der Waals surface area contributed by atoms with Gasteiger partial charge in [0.25, 0.3) is 0 Å². The van der Waals surface area contributed by atoms with Gasteiger partial charge in [-0.3, -0.25) is 4.79 Å². The summed E-state index contributed by atoms with van der Waals surface area (Å²) in [5.74, 6) is -1.07. The van der Waals surface area contributed by atoms with Crippen LogP contribution >= 0.6 is 0 Å². The smallest absolute Gasteiger partial charge is 0.406 e. The molecule has 0 unspecified atom stereocenters. The fourth-order valence-electron chi connectivity index (χ4n) is 2.39. The van der Waals surface area contributed by atoms with Gasteiger partial charge < -0.3 is 15.4 Å². The molecule has 3 rings (SSSR count). The number of alkyl halides is 3. The predicted octanol–water partition coefficient (Wildman–Crippen LogP) is 4.16. The van der Waals surface area contributed by atoms with Crippen molar-refractivity contribution in [1.29, 1.82) is 0 Å².